The Morgan fingerprint density at radius 2 is 2.00 bits per heavy atom. The topological polar surface area (TPSA) is 38.2 Å². The standard InChI is InChI=1S/C20H21N3O/c1-15-12-20(22-19-5-3-2-4-18(15)19)23-11-8-16(13-23)14-24-17-6-9-21-10-7-17/h2-7,9-10,12,16H,8,11,13-14H2,1H3. The molecular weight excluding hydrogens is 298 g/mol. The molecule has 24 heavy (non-hydrogen) atoms. The molecule has 0 spiro atoms. The average molecular weight is 319 g/mol. The molecule has 0 bridgehead atoms. The third kappa shape index (κ3) is 3.04. The Morgan fingerprint density at radius 3 is 2.88 bits per heavy atom. The maximum absolute atomic E-state index is 5.88. The van der Waals surface area contributed by atoms with E-state index in [-0.39, 0.29) is 0 Å². The van der Waals surface area contributed by atoms with Gasteiger partial charge in [0.15, 0.2) is 0 Å². The van der Waals surface area contributed by atoms with Crippen LogP contribution in [0.25, 0.3) is 10.9 Å². The summed E-state index contributed by atoms with van der Waals surface area (Å²) in [7, 11) is 0. The number of nitrogens with zero attached hydrogens (tertiary/aromatic N) is 3. The molecular formula is C20H21N3O. The fraction of sp³-hybridized carbons (Fsp3) is 0.300. The third-order valence-corrected chi connectivity index (χ3v) is 4.65. The minimum Gasteiger partial charge on any atom is -0.493 e. The van der Waals surface area contributed by atoms with Gasteiger partial charge in [-0.25, -0.2) is 4.98 Å². The molecule has 1 aliphatic rings. The van der Waals surface area contributed by atoms with E-state index in [1.54, 1.807) is 12.4 Å². The van der Waals surface area contributed by atoms with E-state index in [9.17, 15) is 0 Å². The zero-order valence-corrected chi connectivity index (χ0v) is 13.9. The Balaban J connectivity index is 1.45. The van der Waals surface area contributed by atoms with Crippen molar-refractivity contribution in [3.05, 3.63) is 60.4 Å². The maximum atomic E-state index is 5.88. The smallest absolute Gasteiger partial charge is 0.129 e. The van der Waals surface area contributed by atoms with Gasteiger partial charge >= 0.3 is 0 Å². The van der Waals surface area contributed by atoms with E-state index in [0.29, 0.717) is 5.92 Å². The molecule has 1 fully saturated rings. The monoisotopic (exact) mass is 319 g/mol. The Hall–Kier alpha value is -2.62. The molecule has 4 rings (SSSR count). The summed E-state index contributed by atoms with van der Waals surface area (Å²) in [6.45, 7) is 4.94. The Labute approximate surface area is 142 Å². The molecule has 1 aliphatic heterocycles. The molecule has 0 saturated carbocycles. The molecule has 4 heteroatoms. The number of hydrogen-bond donors (Lipinski definition) is 0. The van der Waals surface area contributed by atoms with Crippen LogP contribution in [0.5, 0.6) is 5.75 Å². The van der Waals surface area contributed by atoms with Crippen molar-refractivity contribution < 1.29 is 4.74 Å². The van der Waals surface area contributed by atoms with Gasteiger partial charge in [-0.1, -0.05) is 18.2 Å². The van der Waals surface area contributed by atoms with E-state index < -0.39 is 0 Å². The summed E-state index contributed by atoms with van der Waals surface area (Å²) < 4.78 is 5.88. The zero-order chi connectivity index (χ0) is 16.4. The molecule has 3 heterocycles. The van der Waals surface area contributed by atoms with Crippen LogP contribution in [-0.4, -0.2) is 29.7 Å². The number of ether oxygens (including phenoxy) is 1. The second-order valence-electron chi connectivity index (χ2n) is 6.41. The highest BCUT2D eigenvalue weighted by Gasteiger charge is 2.24. The van der Waals surface area contributed by atoms with Gasteiger partial charge in [-0.05, 0) is 43.2 Å². The second kappa shape index (κ2) is 6.48. The summed E-state index contributed by atoms with van der Waals surface area (Å²) in [5.74, 6) is 2.51. The summed E-state index contributed by atoms with van der Waals surface area (Å²) in [5, 5.41) is 1.23. The molecule has 0 aliphatic carbocycles. The number of para-hydroxylation sites is 1. The highest BCUT2D eigenvalue weighted by Crippen LogP contribution is 2.27. The van der Waals surface area contributed by atoms with Crippen molar-refractivity contribution in [1.29, 1.82) is 0 Å². The minimum absolute atomic E-state index is 0.534. The lowest BCUT2D eigenvalue weighted by molar-refractivity contribution is 0.261. The number of fused-ring (bicyclic) bond motifs is 1. The fourth-order valence-electron chi connectivity index (χ4n) is 3.32. The number of benzene rings is 1. The van der Waals surface area contributed by atoms with Gasteiger partial charge in [0.25, 0.3) is 0 Å². The van der Waals surface area contributed by atoms with Crippen LogP contribution in [0.15, 0.2) is 54.9 Å². The van der Waals surface area contributed by atoms with E-state index >= 15 is 0 Å². The predicted molar refractivity (Wildman–Crippen MR) is 96.5 cm³/mol. The van der Waals surface area contributed by atoms with Crippen molar-refractivity contribution in [3.63, 3.8) is 0 Å². The average Bonchev–Trinajstić information content (AvgIpc) is 3.10. The maximum Gasteiger partial charge on any atom is 0.129 e. The number of rotatable bonds is 4. The lowest BCUT2D eigenvalue weighted by Gasteiger charge is -2.19. The molecule has 1 saturated heterocycles. The van der Waals surface area contributed by atoms with Crippen molar-refractivity contribution in [2.45, 2.75) is 13.3 Å². The summed E-state index contributed by atoms with van der Waals surface area (Å²) in [6.07, 6.45) is 4.66. The SMILES string of the molecule is Cc1cc(N2CCC(COc3ccncc3)C2)nc2ccccc12. The van der Waals surface area contributed by atoms with Gasteiger partial charge in [-0.2, -0.15) is 0 Å². The van der Waals surface area contributed by atoms with Crippen LogP contribution in [0.4, 0.5) is 5.82 Å². The van der Waals surface area contributed by atoms with Crippen LogP contribution >= 0.6 is 0 Å². The van der Waals surface area contributed by atoms with Crippen molar-refractivity contribution >= 4 is 16.7 Å². The fourth-order valence-corrected chi connectivity index (χ4v) is 3.32. The lowest BCUT2D eigenvalue weighted by Crippen LogP contribution is -2.22. The quantitative estimate of drug-likeness (QED) is 0.732. The second-order valence-corrected chi connectivity index (χ2v) is 6.41. The predicted octanol–water partition coefficient (Wildman–Crippen LogP) is 3.84. The molecule has 2 aromatic heterocycles. The van der Waals surface area contributed by atoms with Crippen molar-refractivity contribution in [1.82, 2.24) is 9.97 Å². The summed E-state index contributed by atoms with van der Waals surface area (Å²) in [6, 6.07) is 14.4. The molecule has 0 radical (unpaired) electrons. The van der Waals surface area contributed by atoms with E-state index in [2.05, 4.69) is 41.1 Å². The van der Waals surface area contributed by atoms with Crippen LogP contribution < -0.4 is 9.64 Å². The molecule has 122 valence electrons. The van der Waals surface area contributed by atoms with Gasteiger partial charge in [0, 0.05) is 36.8 Å². The largest absolute Gasteiger partial charge is 0.493 e. The van der Waals surface area contributed by atoms with Gasteiger partial charge in [0.05, 0.1) is 12.1 Å². The first-order chi connectivity index (χ1) is 11.8. The van der Waals surface area contributed by atoms with Crippen LogP contribution in [0.1, 0.15) is 12.0 Å². The first kappa shape index (κ1) is 14.9. The van der Waals surface area contributed by atoms with Crippen LogP contribution in [-0.2, 0) is 0 Å². The number of pyridine rings is 2. The van der Waals surface area contributed by atoms with Crippen molar-refractivity contribution in [3.8, 4) is 5.75 Å². The summed E-state index contributed by atoms with van der Waals surface area (Å²) in [5.41, 5.74) is 2.36. The van der Waals surface area contributed by atoms with Crippen LogP contribution in [0, 0.1) is 12.8 Å². The van der Waals surface area contributed by atoms with Gasteiger partial charge in [0.2, 0.25) is 0 Å². The molecule has 0 N–H and O–H groups in total. The molecule has 1 aromatic carbocycles. The summed E-state index contributed by atoms with van der Waals surface area (Å²) in [4.78, 5) is 11.2. The van der Waals surface area contributed by atoms with Crippen LogP contribution in [0.3, 0.4) is 0 Å². The van der Waals surface area contributed by atoms with Gasteiger partial charge < -0.3 is 9.64 Å². The van der Waals surface area contributed by atoms with E-state index in [1.165, 1.54) is 10.9 Å². The molecule has 1 atom stereocenters. The molecule has 4 nitrogen and oxygen atoms in total. The first-order valence-electron chi connectivity index (χ1n) is 8.44. The molecule has 0 amide bonds. The molecule has 3 aromatic rings. The highest BCUT2D eigenvalue weighted by atomic mass is 16.5. The Morgan fingerprint density at radius 1 is 1.17 bits per heavy atom. The van der Waals surface area contributed by atoms with Crippen LogP contribution in [0.2, 0.25) is 0 Å². The molecule has 1 unspecified atom stereocenters. The number of anilines is 1. The minimum atomic E-state index is 0.534. The number of aromatic nitrogens is 2. The summed E-state index contributed by atoms with van der Waals surface area (Å²) >= 11 is 0. The third-order valence-electron chi connectivity index (χ3n) is 4.65. The zero-order valence-electron chi connectivity index (χ0n) is 13.9. The van der Waals surface area contributed by atoms with Gasteiger partial charge in [0.1, 0.15) is 11.6 Å². The lowest BCUT2D eigenvalue weighted by atomic mass is 10.1. The highest BCUT2D eigenvalue weighted by molar-refractivity contribution is 5.83. The Bertz CT molecular complexity index is 835. The van der Waals surface area contributed by atoms with Crippen molar-refractivity contribution in [2.75, 3.05) is 24.6 Å². The van der Waals surface area contributed by atoms with E-state index in [4.69, 9.17) is 9.72 Å². The van der Waals surface area contributed by atoms with Gasteiger partial charge in [-0.3, -0.25) is 4.98 Å². The normalized spacial score (nSPS) is 17.4. The Kier molecular flexibility index (Phi) is 4.03. The first-order valence-corrected chi connectivity index (χ1v) is 8.44. The number of aryl methyl sites for hydroxylation is 1. The van der Waals surface area contributed by atoms with E-state index in [0.717, 1.165) is 43.2 Å². The van der Waals surface area contributed by atoms with Gasteiger partial charge in [-0.15, -0.1) is 0 Å². The van der Waals surface area contributed by atoms with Crippen molar-refractivity contribution in [2.24, 2.45) is 5.92 Å². The number of hydrogen-bond acceptors (Lipinski definition) is 4. The van der Waals surface area contributed by atoms with E-state index in [1.807, 2.05) is 18.2 Å².